The highest BCUT2D eigenvalue weighted by molar-refractivity contribution is 9.09. The number of piperidine rings is 1. The smallest absolute Gasteiger partial charge is 0.0196 e. The van der Waals surface area contributed by atoms with Gasteiger partial charge >= 0.3 is 0 Å². The first-order valence-electron chi connectivity index (χ1n) is 4.79. The molecule has 1 aliphatic rings. The molecule has 0 aliphatic carbocycles. The van der Waals surface area contributed by atoms with Crippen molar-refractivity contribution >= 4 is 15.9 Å². The van der Waals surface area contributed by atoms with Crippen LogP contribution in [0.1, 0.15) is 26.2 Å². The molecule has 0 aromatic carbocycles. The summed E-state index contributed by atoms with van der Waals surface area (Å²) in [5, 5.41) is 1.13. The quantitative estimate of drug-likeness (QED) is 0.534. The van der Waals surface area contributed by atoms with Gasteiger partial charge in [-0.25, -0.2) is 0 Å². The van der Waals surface area contributed by atoms with Gasteiger partial charge in [-0.1, -0.05) is 34.5 Å². The van der Waals surface area contributed by atoms with Crippen LogP contribution < -0.4 is 0 Å². The van der Waals surface area contributed by atoms with Crippen LogP contribution >= 0.6 is 15.9 Å². The Bertz CT molecular complexity index is 145. The van der Waals surface area contributed by atoms with Gasteiger partial charge in [-0.3, -0.25) is 4.90 Å². The first-order chi connectivity index (χ1) is 5.88. The van der Waals surface area contributed by atoms with Gasteiger partial charge in [0.05, 0.1) is 0 Å². The van der Waals surface area contributed by atoms with E-state index in [1.165, 1.54) is 25.8 Å². The molecule has 0 aromatic rings. The third kappa shape index (κ3) is 2.91. The summed E-state index contributed by atoms with van der Waals surface area (Å²) in [5.74, 6) is 0. The normalized spacial score (nSPS) is 26.7. The molecule has 0 bridgehead atoms. The number of hydrogen-bond donors (Lipinski definition) is 0. The summed E-state index contributed by atoms with van der Waals surface area (Å²) in [6.07, 6.45) is 8.54. The molecule has 1 heterocycles. The van der Waals surface area contributed by atoms with Gasteiger partial charge in [0, 0.05) is 17.9 Å². The SMILES string of the molecule is C/C=C/CN1CCCCC1CBr. The Balaban J connectivity index is 2.36. The highest BCUT2D eigenvalue weighted by atomic mass is 79.9. The summed E-state index contributed by atoms with van der Waals surface area (Å²) >= 11 is 3.58. The molecule has 1 aliphatic heterocycles. The molecule has 1 fully saturated rings. The van der Waals surface area contributed by atoms with E-state index in [0.29, 0.717) is 0 Å². The number of halogens is 1. The Morgan fingerprint density at radius 2 is 2.33 bits per heavy atom. The fraction of sp³-hybridized carbons (Fsp3) is 0.800. The van der Waals surface area contributed by atoms with Crippen LogP contribution in [-0.2, 0) is 0 Å². The molecule has 12 heavy (non-hydrogen) atoms. The van der Waals surface area contributed by atoms with E-state index in [0.717, 1.165) is 17.9 Å². The Morgan fingerprint density at radius 3 is 3.00 bits per heavy atom. The lowest BCUT2D eigenvalue weighted by Crippen LogP contribution is -2.40. The van der Waals surface area contributed by atoms with Crippen molar-refractivity contribution in [2.45, 2.75) is 32.2 Å². The first kappa shape index (κ1) is 10.3. The molecule has 0 N–H and O–H groups in total. The second-order valence-corrected chi connectivity index (χ2v) is 4.02. The minimum Gasteiger partial charge on any atom is -0.296 e. The van der Waals surface area contributed by atoms with Crippen LogP contribution in [0.15, 0.2) is 12.2 Å². The summed E-state index contributed by atoms with van der Waals surface area (Å²) < 4.78 is 0. The molecule has 2 heteroatoms. The van der Waals surface area contributed by atoms with E-state index in [1.54, 1.807) is 0 Å². The lowest BCUT2D eigenvalue weighted by molar-refractivity contribution is 0.183. The van der Waals surface area contributed by atoms with E-state index in [2.05, 4.69) is 39.9 Å². The predicted molar refractivity (Wildman–Crippen MR) is 57.8 cm³/mol. The molecule has 0 saturated carbocycles. The minimum absolute atomic E-state index is 0.773. The molecule has 0 radical (unpaired) electrons. The fourth-order valence-electron chi connectivity index (χ4n) is 1.72. The van der Waals surface area contributed by atoms with Gasteiger partial charge in [-0.2, -0.15) is 0 Å². The second-order valence-electron chi connectivity index (χ2n) is 3.37. The minimum atomic E-state index is 0.773. The van der Waals surface area contributed by atoms with Gasteiger partial charge in [0.25, 0.3) is 0 Å². The van der Waals surface area contributed by atoms with Gasteiger partial charge in [0.2, 0.25) is 0 Å². The third-order valence-corrected chi connectivity index (χ3v) is 3.25. The molecule has 0 aromatic heterocycles. The van der Waals surface area contributed by atoms with Gasteiger partial charge in [0.15, 0.2) is 0 Å². The molecule has 0 amide bonds. The summed E-state index contributed by atoms with van der Waals surface area (Å²) in [5.41, 5.74) is 0. The Kier molecular flexibility index (Phi) is 4.93. The molecule has 1 atom stereocenters. The van der Waals surface area contributed by atoms with Crippen LogP contribution in [0.5, 0.6) is 0 Å². The zero-order chi connectivity index (χ0) is 8.81. The summed E-state index contributed by atoms with van der Waals surface area (Å²) in [6, 6.07) is 0.773. The van der Waals surface area contributed by atoms with Gasteiger partial charge in [-0.05, 0) is 26.3 Å². The van der Waals surface area contributed by atoms with E-state index in [-0.39, 0.29) is 0 Å². The van der Waals surface area contributed by atoms with E-state index in [4.69, 9.17) is 0 Å². The van der Waals surface area contributed by atoms with Crippen LogP contribution in [0, 0.1) is 0 Å². The van der Waals surface area contributed by atoms with Crippen LogP contribution in [0.2, 0.25) is 0 Å². The molecule has 70 valence electrons. The standard InChI is InChI=1S/C10H18BrN/c1-2-3-7-12-8-5-4-6-10(12)9-11/h2-3,10H,4-9H2,1H3/b3-2+. The van der Waals surface area contributed by atoms with E-state index in [9.17, 15) is 0 Å². The summed E-state index contributed by atoms with van der Waals surface area (Å²) in [6.45, 7) is 4.50. The Hall–Kier alpha value is 0.180. The van der Waals surface area contributed by atoms with Gasteiger partial charge < -0.3 is 0 Å². The second kappa shape index (κ2) is 5.76. The number of allylic oxidation sites excluding steroid dienone is 1. The van der Waals surface area contributed by atoms with Crippen LogP contribution in [0.25, 0.3) is 0 Å². The maximum absolute atomic E-state index is 3.58. The van der Waals surface area contributed by atoms with Crippen LogP contribution in [0.4, 0.5) is 0 Å². The maximum atomic E-state index is 3.58. The number of alkyl halides is 1. The number of rotatable bonds is 3. The first-order valence-corrected chi connectivity index (χ1v) is 5.91. The molecule has 0 spiro atoms. The lowest BCUT2D eigenvalue weighted by atomic mass is 10.0. The summed E-state index contributed by atoms with van der Waals surface area (Å²) in [4.78, 5) is 2.57. The molecule has 1 rings (SSSR count). The number of hydrogen-bond acceptors (Lipinski definition) is 1. The van der Waals surface area contributed by atoms with Crippen molar-refractivity contribution in [1.82, 2.24) is 4.90 Å². The topological polar surface area (TPSA) is 3.24 Å². The van der Waals surface area contributed by atoms with Gasteiger partial charge in [-0.15, -0.1) is 0 Å². The lowest BCUT2D eigenvalue weighted by Gasteiger charge is -2.33. The van der Waals surface area contributed by atoms with Crippen molar-refractivity contribution in [1.29, 1.82) is 0 Å². The Morgan fingerprint density at radius 1 is 1.50 bits per heavy atom. The zero-order valence-electron chi connectivity index (χ0n) is 7.80. The van der Waals surface area contributed by atoms with Crippen molar-refractivity contribution in [3.05, 3.63) is 12.2 Å². The fourth-order valence-corrected chi connectivity index (χ4v) is 2.45. The monoisotopic (exact) mass is 231 g/mol. The van der Waals surface area contributed by atoms with Crippen molar-refractivity contribution in [2.24, 2.45) is 0 Å². The highest BCUT2D eigenvalue weighted by Crippen LogP contribution is 2.18. The van der Waals surface area contributed by atoms with Crippen molar-refractivity contribution in [2.75, 3.05) is 18.4 Å². The maximum Gasteiger partial charge on any atom is 0.0196 e. The van der Waals surface area contributed by atoms with E-state index in [1.807, 2.05) is 0 Å². The summed E-state index contributed by atoms with van der Waals surface area (Å²) in [7, 11) is 0. The highest BCUT2D eigenvalue weighted by Gasteiger charge is 2.19. The van der Waals surface area contributed by atoms with Crippen molar-refractivity contribution in [3.8, 4) is 0 Å². The molecule has 1 saturated heterocycles. The van der Waals surface area contributed by atoms with E-state index >= 15 is 0 Å². The zero-order valence-corrected chi connectivity index (χ0v) is 9.39. The number of nitrogens with zero attached hydrogens (tertiary/aromatic N) is 1. The average molecular weight is 232 g/mol. The van der Waals surface area contributed by atoms with Crippen molar-refractivity contribution in [3.63, 3.8) is 0 Å². The number of likely N-dealkylation sites (tertiary alicyclic amines) is 1. The third-order valence-electron chi connectivity index (χ3n) is 2.50. The molecule has 1 unspecified atom stereocenters. The average Bonchev–Trinajstić information content (AvgIpc) is 2.15. The molecule has 1 nitrogen and oxygen atoms in total. The predicted octanol–water partition coefficient (Wildman–Crippen LogP) is 2.81. The molecular formula is C10H18BrN. The largest absolute Gasteiger partial charge is 0.296 e. The van der Waals surface area contributed by atoms with Crippen molar-refractivity contribution < 1.29 is 0 Å². The van der Waals surface area contributed by atoms with Crippen LogP contribution in [-0.4, -0.2) is 29.4 Å². The Labute approximate surface area is 84.0 Å². The van der Waals surface area contributed by atoms with Crippen LogP contribution in [0.3, 0.4) is 0 Å². The van der Waals surface area contributed by atoms with Gasteiger partial charge in [0.1, 0.15) is 0 Å². The van der Waals surface area contributed by atoms with E-state index < -0.39 is 0 Å². The molecular weight excluding hydrogens is 214 g/mol.